The fourth-order valence-corrected chi connectivity index (χ4v) is 1.77. The Labute approximate surface area is 96.7 Å². The zero-order chi connectivity index (χ0) is 12.0. The second-order valence-corrected chi connectivity index (χ2v) is 4.25. The number of ether oxygens (including phenoxy) is 2. The number of hydrogen-bond acceptors (Lipinski definition) is 4. The van der Waals surface area contributed by atoms with Crippen LogP contribution in [0.3, 0.4) is 0 Å². The predicted octanol–water partition coefficient (Wildman–Crippen LogP) is 0.0339. The molecule has 0 aromatic heterocycles. The average molecular weight is 230 g/mol. The number of hydrogen-bond donors (Lipinski definition) is 2. The van der Waals surface area contributed by atoms with E-state index in [0.717, 1.165) is 19.3 Å². The Morgan fingerprint density at radius 3 is 2.94 bits per heavy atom. The number of methoxy groups -OCH3 is 1. The van der Waals surface area contributed by atoms with E-state index in [1.807, 2.05) is 6.92 Å². The van der Waals surface area contributed by atoms with Gasteiger partial charge in [-0.3, -0.25) is 4.79 Å². The summed E-state index contributed by atoms with van der Waals surface area (Å²) in [6.07, 6.45) is 2.18. The minimum absolute atomic E-state index is 0.0282. The van der Waals surface area contributed by atoms with Crippen LogP contribution in [0, 0.1) is 0 Å². The van der Waals surface area contributed by atoms with Gasteiger partial charge >= 0.3 is 0 Å². The molecule has 0 aliphatic carbocycles. The smallest absolute Gasteiger partial charge is 0.249 e. The van der Waals surface area contributed by atoms with Crippen LogP contribution in [-0.4, -0.2) is 44.4 Å². The Bertz CT molecular complexity index is 223. The van der Waals surface area contributed by atoms with Crippen molar-refractivity contribution in [3.8, 4) is 0 Å². The molecule has 5 nitrogen and oxygen atoms in total. The highest BCUT2D eigenvalue weighted by Crippen LogP contribution is 2.18. The quantitative estimate of drug-likeness (QED) is 0.675. The van der Waals surface area contributed by atoms with Crippen LogP contribution < -0.4 is 11.1 Å². The van der Waals surface area contributed by atoms with E-state index in [-0.39, 0.29) is 24.2 Å². The van der Waals surface area contributed by atoms with Gasteiger partial charge < -0.3 is 20.5 Å². The van der Waals surface area contributed by atoms with Crippen molar-refractivity contribution in [3.63, 3.8) is 0 Å². The third-order valence-electron chi connectivity index (χ3n) is 2.81. The van der Waals surface area contributed by atoms with Crippen LogP contribution in [0.4, 0.5) is 0 Å². The van der Waals surface area contributed by atoms with Gasteiger partial charge in [-0.25, -0.2) is 0 Å². The normalized spacial score (nSPS) is 26.7. The van der Waals surface area contributed by atoms with Crippen molar-refractivity contribution in [2.75, 3.05) is 20.3 Å². The molecule has 1 aliphatic rings. The van der Waals surface area contributed by atoms with E-state index >= 15 is 0 Å². The highest BCUT2D eigenvalue weighted by molar-refractivity contribution is 5.81. The molecule has 3 atom stereocenters. The van der Waals surface area contributed by atoms with Crippen molar-refractivity contribution in [3.05, 3.63) is 0 Å². The van der Waals surface area contributed by atoms with Gasteiger partial charge in [0.1, 0.15) is 6.10 Å². The van der Waals surface area contributed by atoms with Gasteiger partial charge in [-0.2, -0.15) is 0 Å². The number of amides is 1. The average Bonchev–Trinajstić information content (AvgIpc) is 2.74. The first-order chi connectivity index (χ1) is 7.67. The molecule has 1 amide bonds. The first-order valence-electron chi connectivity index (χ1n) is 5.82. The molecule has 1 rings (SSSR count). The molecule has 0 aromatic rings. The topological polar surface area (TPSA) is 73.6 Å². The van der Waals surface area contributed by atoms with Crippen molar-refractivity contribution in [1.82, 2.24) is 5.32 Å². The van der Waals surface area contributed by atoms with E-state index in [9.17, 15) is 4.79 Å². The number of nitrogens with one attached hydrogen (secondary N) is 1. The lowest BCUT2D eigenvalue weighted by atomic mass is 10.1. The molecule has 0 aromatic carbocycles. The SMILES string of the molecule is COCCC(C)NC(=O)C1CCC(CN)O1. The molecule has 0 spiro atoms. The summed E-state index contributed by atoms with van der Waals surface area (Å²) in [5.41, 5.74) is 5.49. The molecule has 3 N–H and O–H groups in total. The first kappa shape index (κ1) is 13.4. The lowest BCUT2D eigenvalue weighted by Gasteiger charge is -2.17. The molecule has 3 unspecified atom stereocenters. The maximum atomic E-state index is 11.8. The molecule has 1 fully saturated rings. The zero-order valence-corrected chi connectivity index (χ0v) is 10.1. The van der Waals surface area contributed by atoms with Gasteiger partial charge in [0.15, 0.2) is 0 Å². The van der Waals surface area contributed by atoms with Gasteiger partial charge in [-0.1, -0.05) is 0 Å². The molecule has 0 saturated carbocycles. The fourth-order valence-electron chi connectivity index (χ4n) is 1.77. The largest absolute Gasteiger partial charge is 0.385 e. The molecule has 1 aliphatic heterocycles. The summed E-state index contributed by atoms with van der Waals surface area (Å²) in [6.45, 7) is 3.10. The summed E-state index contributed by atoms with van der Waals surface area (Å²) < 4.78 is 10.5. The predicted molar refractivity (Wildman–Crippen MR) is 61.0 cm³/mol. The van der Waals surface area contributed by atoms with Crippen LogP contribution in [-0.2, 0) is 14.3 Å². The number of nitrogens with two attached hydrogens (primary N) is 1. The number of rotatable bonds is 6. The molecular formula is C11H22N2O3. The second kappa shape index (κ2) is 6.83. The van der Waals surface area contributed by atoms with Gasteiger partial charge in [-0.15, -0.1) is 0 Å². The van der Waals surface area contributed by atoms with Gasteiger partial charge in [-0.05, 0) is 26.2 Å². The van der Waals surface area contributed by atoms with Gasteiger partial charge in [0.25, 0.3) is 0 Å². The number of carbonyl (C=O) groups excluding carboxylic acids is 1. The van der Waals surface area contributed by atoms with Crippen LogP contribution in [0.15, 0.2) is 0 Å². The van der Waals surface area contributed by atoms with E-state index in [0.29, 0.717) is 13.2 Å². The lowest BCUT2D eigenvalue weighted by molar-refractivity contribution is -0.132. The maximum Gasteiger partial charge on any atom is 0.249 e. The van der Waals surface area contributed by atoms with Gasteiger partial charge in [0, 0.05) is 26.3 Å². The van der Waals surface area contributed by atoms with E-state index < -0.39 is 0 Å². The number of carbonyl (C=O) groups is 1. The summed E-state index contributed by atoms with van der Waals surface area (Å²) in [5.74, 6) is -0.0282. The van der Waals surface area contributed by atoms with Crippen molar-refractivity contribution < 1.29 is 14.3 Å². The van der Waals surface area contributed by atoms with E-state index in [4.69, 9.17) is 15.2 Å². The molecule has 5 heteroatoms. The van der Waals surface area contributed by atoms with Crippen molar-refractivity contribution in [1.29, 1.82) is 0 Å². The van der Waals surface area contributed by atoms with Crippen LogP contribution in [0.5, 0.6) is 0 Å². The van der Waals surface area contributed by atoms with E-state index in [2.05, 4.69) is 5.32 Å². The summed E-state index contributed by atoms with van der Waals surface area (Å²) in [5, 5.41) is 2.92. The second-order valence-electron chi connectivity index (χ2n) is 4.25. The summed E-state index contributed by atoms with van der Waals surface area (Å²) >= 11 is 0. The fraction of sp³-hybridized carbons (Fsp3) is 0.909. The minimum Gasteiger partial charge on any atom is -0.385 e. The summed E-state index contributed by atoms with van der Waals surface area (Å²) in [7, 11) is 1.65. The van der Waals surface area contributed by atoms with Crippen LogP contribution in [0.25, 0.3) is 0 Å². The third-order valence-corrected chi connectivity index (χ3v) is 2.81. The molecule has 0 bridgehead atoms. The Hall–Kier alpha value is -0.650. The molecule has 1 heterocycles. The summed E-state index contributed by atoms with van der Waals surface area (Å²) in [4.78, 5) is 11.8. The molecule has 94 valence electrons. The van der Waals surface area contributed by atoms with Crippen molar-refractivity contribution in [2.24, 2.45) is 5.73 Å². The van der Waals surface area contributed by atoms with E-state index in [1.54, 1.807) is 7.11 Å². The molecular weight excluding hydrogens is 208 g/mol. The third kappa shape index (κ3) is 4.08. The minimum atomic E-state index is -0.321. The maximum absolute atomic E-state index is 11.8. The van der Waals surface area contributed by atoms with Gasteiger partial charge in [0.05, 0.1) is 6.10 Å². The Morgan fingerprint density at radius 1 is 1.62 bits per heavy atom. The van der Waals surface area contributed by atoms with Gasteiger partial charge in [0.2, 0.25) is 5.91 Å². The lowest BCUT2D eigenvalue weighted by Crippen LogP contribution is -2.40. The van der Waals surface area contributed by atoms with Crippen LogP contribution in [0.1, 0.15) is 26.2 Å². The first-order valence-corrected chi connectivity index (χ1v) is 5.82. The zero-order valence-electron chi connectivity index (χ0n) is 10.1. The molecule has 16 heavy (non-hydrogen) atoms. The van der Waals surface area contributed by atoms with E-state index in [1.165, 1.54) is 0 Å². The van der Waals surface area contributed by atoms with Crippen molar-refractivity contribution >= 4 is 5.91 Å². The highest BCUT2D eigenvalue weighted by Gasteiger charge is 2.30. The molecule has 0 radical (unpaired) electrons. The molecule has 1 saturated heterocycles. The Morgan fingerprint density at radius 2 is 2.38 bits per heavy atom. The highest BCUT2D eigenvalue weighted by atomic mass is 16.5. The Kier molecular flexibility index (Phi) is 5.73. The van der Waals surface area contributed by atoms with Crippen molar-refractivity contribution in [2.45, 2.75) is 44.4 Å². The summed E-state index contributed by atoms with van der Waals surface area (Å²) in [6, 6.07) is 0.118. The monoisotopic (exact) mass is 230 g/mol. The standard InChI is InChI=1S/C11H22N2O3/c1-8(5-6-15-2)13-11(14)10-4-3-9(7-12)16-10/h8-10H,3-7,12H2,1-2H3,(H,13,14). The van der Waals surface area contributed by atoms with Crippen LogP contribution >= 0.6 is 0 Å². The Balaban J connectivity index is 2.24. The van der Waals surface area contributed by atoms with Crippen LogP contribution in [0.2, 0.25) is 0 Å².